The zero-order valence-corrected chi connectivity index (χ0v) is 21.8. The van der Waals surface area contributed by atoms with Crippen LogP contribution in [0.15, 0.2) is 57.6 Å². The molecule has 2 aromatic rings. The van der Waals surface area contributed by atoms with Crippen molar-refractivity contribution in [3.05, 3.63) is 53.6 Å². The molecule has 1 N–H and O–H groups in total. The lowest BCUT2D eigenvalue weighted by Gasteiger charge is -2.11. The average molecular weight is 518 g/mol. The molecule has 10 heteroatoms. The summed E-state index contributed by atoms with van der Waals surface area (Å²) in [7, 11) is -2.58. The third kappa shape index (κ3) is 7.83. The molecule has 2 aromatic carbocycles. The number of nitrogens with zero attached hydrogens (tertiary/aromatic N) is 2. The zero-order chi connectivity index (χ0) is 25.3. The number of carbonyl (C=O) groups is 1. The minimum absolute atomic E-state index is 0.0302. The van der Waals surface area contributed by atoms with Crippen molar-refractivity contribution < 1.29 is 22.1 Å². The van der Waals surface area contributed by atoms with Crippen LogP contribution < -0.4 is 14.2 Å². The summed E-state index contributed by atoms with van der Waals surface area (Å²) < 4.78 is 35.8. The summed E-state index contributed by atoms with van der Waals surface area (Å²) in [5, 5.41) is 11.3. The molecule has 188 valence electrons. The highest BCUT2D eigenvalue weighted by molar-refractivity contribution is 8.15. The Morgan fingerprint density at radius 2 is 1.80 bits per heavy atom. The van der Waals surface area contributed by atoms with E-state index in [2.05, 4.69) is 22.4 Å². The van der Waals surface area contributed by atoms with Crippen molar-refractivity contribution >= 4 is 39.2 Å². The van der Waals surface area contributed by atoms with E-state index in [4.69, 9.17) is 8.92 Å². The molecule has 8 nitrogen and oxygen atoms in total. The van der Waals surface area contributed by atoms with E-state index in [0.29, 0.717) is 10.7 Å². The molecule has 1 heterocycles. The van der Waals surface area contributed by atoms with Crippen LogP contribution in [-0.4, -0.2) is 38.1 Å². The molecule has 1 atom stereocenters. The van der Waals surface area contributed by atoms with E-state index in [0.717, 1.165) is 24.8 Å². The molecule has 1 aliphatic heterocycles. The van der Waals surface area contributed by atoms with E-state index < -0.39 is 10.1 Å². The first-order valence-electron chi connectivity index (χ1n) is 11.6. The number of amides is 1. The number of hydrogen-bond donors (Lipinski definition) is 1. The molecule has 1 fully saturated rings. The SMILES string of the molecule is CCCCCCCC1S/C(=N/N=C/c2ccc(OS(=O)(=O)c3ccc(C)cc3)c(OC)c2)NC1=O. The Labute approximate surface area is 211 Å². The normalized spacial score (nSPS) is 17.2. The highest BCUT2D eigenvalue weighted by Gasteiger charge is 2.29. The van der Waals surface area contributed by atoms with Crippen molar-refractivity contribution in [3.63, 3.8) is 0 Å². The molecule has 0 bridgehead atoms. The molecule has 0 radical (unpaired) electrons. The van der Waals surface area contributed by atoms with Gasteiger partial charge in [-0.05, 0) is 49.2 Å². The third-order valence-corrected chi connectivity index (χ3v) is 7.79. The molecule has 1 amide bonds. The summed E-state index contributed by atoms with van der Waals surface area (Å²) in [4.78, 5) is 12.2. The molecule has 0 aliphatic carbocycles. The van der Waals surface area contributed by atoms with Gasteiger partial charge in [0.25, 0.3) is 0 Å². The van der Waals surface area contributed by atoms with Crippen LogP contribution in [0.3, 0.4) is 0 Å². The van der Waals surface area contributed by atoms with E-state index in [9.17, 15) is 13.2 Å². The van der Waals surface area contributed by atoms with Crippen molar-refractivity contribution in [3.8, 4) is 11.5 Å². The van der Waals surface area contributed by atoms with Crippen LogP contribution in [-0.2, 0) is 14.9 Å². The van der Waals surface area contributed by atoms with Crippen LogP contribution in [0, 0.1) is 6.92 Å². The van der Waals surface area contributed by atoms with Crippen LogP contribution in [0.1, 0.15) is 56.6 Å². The van der Waals surface area contributed by atoms with Gasteiger partial charge in [-0.3, -0.25) is 4.79 Å². The highest BCUT2D eigenvalue weighted by Crippen LogP contribution is 2.30. The molecular weight excluding hydrogens is 486 g/mol. The predicted octanol–water partition coefficient (Wildman–Crippen LogP) is 5.05. The van der Waals surface area contributed by atoms with Gasteiger partial charge in [0, 0.05) is 0 Å². The van der Waals surface area contributed by atoms with E-state index in [-0.39, 0.29) is 27.6 Å². The van der Waals surface area contributed by atoms with Crippen molar-refractivity contribution in [1.82, 2.24) is 5.32 Å². The molecule has 1 aliphatic rings. The van der Waals surface area contributed by atoms with Crippen molar-refractivity contribution in [2.24, 2.45) is 10.2 Å². The highest BCUT2D eigenvalue weighted by atomic mass is 32.2. The Bertz CT molecular complexity index is 1180. The second-order valence-corrected chi connectivity index (χ2v) is 10.9. The number of unbranched alkanes of at least 4 members (excludes halogenated alkanes) is 4. The molecule has 3 rings (SSSR count). The number of ether oxygens (including phenoxy) is 1. The van der Waals surface area contributed by atoms with E-state index in [1.807, 2.05) is 6.92 Å². The van der Waals surface area contributed by atoms with Gasteiger partial charge in [-0.15, -0.1) is 5.10 Å². The maximum absolute atomic E-state index is 12.6. The van der Waals surface area contributed by atoms with Gasteiger partial charge in [-0.25, -0.2) is 0 Å². The average Bonchev–Trinajstić information content (AvgIpc) is 3.19. The third-order valence-electron chi connectivity index (χ3n) is 5.40. The number of methoxy groups -OCH3 is 1. The van der Waals surface area contributed by atoms with Gasteiger partial charge < -0.3 is 14.2 Å². The van der Waals surface area contributed by atoms with Crippen molar-refractivity contribution in [2.75, 3.05) is 7.11 Å². The first-order valence-corrected chi connectivity index (χ1v) is 13.9. The fourth-order valence-corrected chi connectivity index (χ4v) is 5.34. The number of benzene rings is 2. The maximum Gasteiger partial charge on any atom is 0.339 e. The van der Waals surface area contributed by atoms with Gasteiger partial charge >= 0.3 is 10.1 Å². The quantitative estimate of drug-likeness (QED) is 0.183. The van der Waals surface area contributed by atoms with Crippen molar-refractivity contribution in [2.45, 2.75) is 62.5 Å². The van der Waals surface area contributed by atoms with Crippen LogP contribution in [0.25, 0.3) is 0 Å². The zero-order valence-electron chi connectivity index (χ0n) is 20.2. The standard InChI is InChI=1S/C25H31N3O5S2/c1-4-5-6-7-8-9-23-24(29)27-25(34-23)28-26-17-19-12-15-21(22(16-19)32-3)33-35(30,31)20-13-10-18(2)11-14-20/h10-17,23H,4-9H2,1-3H3,(H,27,28,29)/b26-17+. The lowest BCUT2D eigenvalue weighted by molar-refractivity contribution is -0.118. The summed E-state index contributed by atoms with van der Waals surface area (Å²) in [5.74, 6) is 0.276. The number of rotatable bonds is 12. The van der Waals surface area contributed by atoms with Gasteiger partial charge in [0.05, 0.1) is 18.6 Å². The summed E-state index contributed by atoms with van der Waals surface area (Å²) in [6.07, 6.45) is 8.11. The van der Waals surface area contributed by atoms with E-state index >= 15 is 0 Å². The molecule has 1 unspecified atom stereocenters. The van der Waals surface area contributed by atoms with Gasteiger partial charge in [-0.2, -0.15) is 13.5 Å². The summed E-state index contributed by atoms with van der Waals surface area (Å²) >= 11 is 1.40. The van der Waals surface area contributed by atoms with E-state index in [1.54, 1.807) is 24.3 Å². The van der Waals surface area contributed by atoms with Gasteiger partial charge in [0.1, 0.15) is 4.90 Å². The Balaban J connectivity index is 1.61. The Morgan fingerprint density at radius 1 is 1.06 bits per heavy atom. The minimum Gasteiger partial charge on any atom is -0.493 e. The van der Waals surface area contributed by atoms with Gasteiger partial charge in [-0.1, -0.05) is 68.5 Å². The molecule has 1 saturated heterocycles. The largest absolute Gasteiger partial charge is 0.493 e. The van der Waals surface area contributed by atoms with Gasteiger partial charge in [0.15, 0.2) is 16.7 Å². The number of aryl methyl sites for hydroxylation is 1. The lowest BCUT2D eigenvalue weighted by Crippen LogP contribution is -2.24. The molecular formula is C25H31N3O5S2. The molecule has 35 heavy (non-hydrogen) atoms. The fraction of sp³-hybridized carbons (Fsp3) is 0.400. The van der Waals surface area contributed by atoms with Crippen LogP contribution in [0.2, 0.25) is 0 Å². The first kappa shape index (κ1) is 26.7. The number of amidine groups is 1. The predicted molar refractivity (Wildman–Crippen MR) is 140 cm³/mol. The van der Waals surface area contributed by atoms with Crippen LogP contribution in [0.5, 0.6) is 11.5 Å². The second-order valence-electron chi connectivity index (χ2n) is 8.21. The molecule has 0 aromatic heterocycles. The summed E-state index contributed by atoms with van der Waals surface area (Å²) in [5.41, 5.74) is 1.58. The smallest absolute Gasteiger partial charge is 0.339 e. The Morgan fingerprint density at radius 3 is 2.51 bits per heavy atom. The summed E-state index contributed by atoms with van der Waals surface area (Å²) in [6.45, 7) is 4.05. The Kier molecular flexibility index (Phi) is 9.73. The second kappa shape index (κ2) is 12.7. The minimum atomic E-state index is -4.00. The number of thioether (sulfide) groups is 1. The number of nitrogens with one attached hydrogen (secondary N) is 1. The molecule has 0 spiro atoms. The number of carbonyl (C=O) groups excluding carboxylic acids is 1. The maximum atomic E-state index is 12.6. The fourth-order valence-electron chi connectivity index (χ4n) is 3.43. The van der Waals surface area contributed by atoms with Gasteiger partial charge in [0.2, 0.25) is 5.91 Å². The van der Waals surface area contributed by atoms with Crippen molar-refractivity contribution in [1.29, 1.82) is 0 Å². The van der Waals surface area contributed by atoms with E-state index in [1.165, 1.54) is 62.5 Å². The number of hydrogen-bond acceptors (Lipinski definition) is 8. The van der Waals surface area contributed by atoms with Crippen LogP contribution >= 0.6 is 11.8 Å². The first-order chi connectivity index (χ1) is 16.8. The Hall–Kier alpha value is -2.85. The topological polar surface area (TPSA) is 106 Å². The lowest BCUT2D eigenvalue weighted by atomic mass is 10.1. The summed E-state index contributed by atoms with van der Waals surface area (Å²) in [6, 6.07) is 11.1. The van der Waals surface area contributed by atoms with Crippen LogP contribution in [0.4, 0.5) is 0 Å². The monoisotopic (exact) mass is 517 g/mol. The molecule has 0 saturated carbocycles.